The van der Waals surface area contributed by atoms with E-state index in [1.54, 1.807) is 6.92 Å². The van der Waals surface area contributed by atoms with Crippen molar-refractivity contribution in [3.05, 3.63) is 33.6 Å². The van der Waals surface area contributed by atoms with E-state index in [1.807, 2.05) is 6.92 Å². The number of carbonyl (C=O) groups is 1. The fraction of sp³-hybridized carbons (Fsp3) is 0.462. The maximum atomic E-state index is 13.4. The lowest BCUT2D eigenvalue weighted by atomic mass is 9.94. The molecule has 1 atom stereocenters. The predicted molar refractivity (Wildman–Crippen MR) is 74.3 cm³/mol. The molecule has 2 N–H and O–H groups in total. The lowest BCUT2D eigenvalue weighted by Gasteiger charge is -2.29. The number of aliphatic hydroxyl groups excluding tert-OH is 1. The Morgan fingerprint density at radius 3 is 2.58 bits per heavy atom. The Labute approximate surface area is 121 Å². The van der Waals surface area contributed by atoms with E-state index in [2.05, 4.69) is 5.32 Å². The monoisotopic (exact) mass is 307 g/mol. The quantitative estimate of drug-likeness (QED) is 0.819. The van der Waals surface area contributed by atoms with Crippen LogP contribution in [-0.4, -0.2) is 23.2 Å². The number of rotatable bonds is 5. The Bertz CT molecular complexity index is 482. The van der Waals surface area contributed by atoms with Crippen LogP contribution in [0, 0.1) is 5.82 Å². The first-order valence-electron chi connectivity index (χ1n) is 5.91. The van der Waals surface area contributed by atoms with Crippen LogP contribution in [0.3, 0.4) is 0 Å². The van der Waals surface area contributed by atoms with Crippen LogP contribution in [0.5, 0.6) is 0 Å². The summed E-state index contributed by atoms with van der Waals surface area (Å²) in [6, 6.07) is 2.21. The number of benzene rings is 1. The Hall–Kier alpha value is -0.840. The molecule has 1 aromatic carbocycles. The number of carbonyl (C=O) groups excluding carboxylic acids is 1. The first-order chi connectivity index (χ1) is 8.83. The summed E-state index contributed by atoms with van der Waals surface area (Å²) in [5, 5.41) is 11.7. The van der Waals surface area contributed by atoms with E-state index in [-0.39, 0.29) is 22.2 Å². The molecular weight excluding hydrogens is 292 g/mol. The fourth-order valence-electron chi connectivity index (χ4n) is 1.61. The van der Waals surface area contributed by atoms with Gasteiger partial charge < -0.3 is 10.4 Å². The zero-order chi connectivity index (χ0) is 14.6. The highest BCUT2D eigenvalue weighted by Crippen LogP contribution is 2.25. The van der Waals surface area contributed by atoms with Gasteiger partial charge in [0.1, 0.15) is 5.82 Å². The van der Waals surface area contributed by atoms with Crippen LogP contribution in [0.1, 0.15) is 37.0 Å². The molecule has 6 heteroatoms. The Kier molecular flexibility index (Phi) is 5.59. The normalized spacial score (nSPS) is 14.0. The van der Waals surface area contributed by atoms with Gasteiger partial charge >= 0.3 is 0 Å². The fourth-order valence-corrected chi connectivity index (χ4v) is 2.08. The first kappa shape index (κ1) is 16.2. The maximum Gasteiger partial charge on any atom is 0.253 e. The molecule has 0 radical (unpaired) electrons. The number of hydrogen-bond donors (Lipinski definition) is 2. The van der Waals surface area contributed by atoms with Gasteiger partial charge in [-0.15, -0.1) is 0 Å². The molecule has 0 bridgehead atoms. The van der Waals surface area contributed by atoms with E-state index < -0.39 is 17.3 Å². The van der Waals surface area contributed by atoms with Crippen molar-refractivity contribution in [1.29, 1.82) is 0 Å². The minimum absolute atomic E-state index is 0.0289. The van der Waals surface area contributed by atoms with Crippen molar-refractivity contribution in [2.75, 3.05) is 6.61 Å². The van der Waals surface area contributed by atoms with Gasteiger partial charge in [-0.25, -0.2) is 4.39 Å². The second kappa shape index (κ2) is 6.55. The van der Waals surface area contributed by atoms with Crippen molar-refractivity contribution in [3.63, 3.8) is 0 Å². The van der Waals surface area contributed by atoms with Gasteiger partial charge in [0.25, 0.3) is 5.91 Å². The summed E-state index contributed by atoms with van der Waals surface area (Å²) >= 11 is 11.5. The third-order valence-electron chi connectivity index (χ3n) is 3.11. The molecule has 0 heterocycles. The van der Waals surface area contributed by atoms with E-state index in [9.17, 15) is 9.18 Å². The highest BCUT2D eigenvalue weighted by molar-refractivity contribution is 6.36. The van der Waals surface area contributed by atoms with Crippen molar-refractivity contribution in [2.45, 2.75) is 32.2 Å². The van der Waals surface area contributed by atoms with Crippen LogP contribution in [0.15, 0.2) is 12.1 Å². The van der Waals surface area contributed by atoms with Crippen molar-refractivity contribution in [2.24, 2.45) is 0 Å². The van der Waals surface area contributed by atoms with Gasteiger partial charge in [0.2, 0.25) is 0 Å². The van der Waals surface area contributed by atoms with Gasteiger partial charge in [0, 0.05) is 12.1 Å². The summed E-state index contributed by atoms with van der Waals surface area (Å²) < 4.78 is 13.4. The van der Waals surface area contributed by atoms with E-state index >= 15 is 0 Å². The number of nitrogens with one attached hydrogen (secondary N) is 1. The molecule has 0 aliphatic heterocycles. The molecule has 1 aromatic rings. The third-order valence-corrected chi connectivity index (χ3v) is 3.72. The lowest BCUT2D eigenvalue weighted by Crippen LogP contribution is -2.46. The highest BCUT2D eigenvalue weighted by Gasteiger charge is 2.25. The molecule has 0 aliphatic carbocycles. The third kappa shape index (κ3) is 4.06. The summed E-state index contributed by atoms with van der Waals surface area (Å²) in [4.78, 5) is 12.1. The average molecular weight is 308 g/mol. The van der Waals surface area contributed by atoms with E-state index in [0.717, 1.165) is 6.07 Å². The second-order valence-electron chi connectivity index (χ2n) is 4.59. The number of hydrogen-bond acceptors (Lipinski definition) is 2. The molecule has 1 rings (SSSR count). The number of amides is 1. The summed E-state index contributed by atoms with van der Waals surface area (Å²) in [7, 11) is 0. The molecule has 1 unspecified atom stereocenters. The van der Waals surface area contributed by atoms with Crippen molar-refractivity contribution >= 4 is 29.1 Å². The molecule has 3 nitrogen and oxygen atoms in total. The second-order valence-corrected chi connectivity index (χ2v) is 5.40. The first-order valence-corrected chi connectivity index (χ1v) is 6.66. The summed E-state index contributed by atoms with van der Waals surface area (Å²) in [6.07, 6.45) is 1.04. The van der Waals surface area contributed by atoms with Gasteiger partial charge in [-0.05, 0) is 31.9 Å². The standard InChI is InChI=1S/C13H16Cl2FNO2/c1-3-13(2,4-5-18)17-12(19)8-6-11(16)10(15)7-9(8)14/h6-7,18H,3-5H2,1-2H3,(H,17,19). The molecule has 0 spiro atoms. The van der Waals surface area contributed by atoms with Crippen molar-refractivity contribution in [3.8, 4) is 0 Å². The zero-order valence-electron chi connectivity index (χ0n) is 10.8. The summed E-state index contributed by atoms with van der Waals surface area (Å²) in [5.41, 5.74) is -0.535. The minimum atomic E-state index is -0.698. The molecular formula is C13H16Cl2FNO2. The SMILES string of the molecule is CCC(C)(CCO)NC(=O)c1cc(F)c(Cl)cc1Cl. The highest BCUT2D eigenvalue weighted by atomic mass is 35.5. The van der Waals surface area contributed by atoms with Crippen LogP contribution < -0.4 is 5.32 Å². The van der Waals surface area contributed by atoms with E-state index in [4.69, 9.17) is 28.3 Å². The van der Waals surface area contributed by atoms with Gasteiger partial charge in [-0.2, -0.15) is 0 Å². The minimum Gasteiger partial charge on any atom is -0.396 e. The molecule has 0 aromatic heterocycles. The smallest absolute Gasteiger partial charge is 0.253 e. The van der Waals surface area contributed by atoms with Crippen molar-refractivity contribution < 1.29 is 14.3 Å². The van der Waals surface area contributed by atoms with Gasteiger partial charge in [0.05, 0.1) is 15.6 Å². The molecule has 106 valence electrons. The Morgan fingerprint density at radius 2 is 2.05 bits per heavy atom. The molecule has 1 amide bonds. The maximum absolute atomic E-state index is 13.4. The number of aliphatic hydroxyl groups is 1. The summed E-state index contributed by atoms with van der Waals surface area (Å²) in [6.45, 7) is 3.65. The lowest BCUT2D eigenvalue weighted by molar-refractivity contribution is 0.0886. The summed E-state index contributed by atoms with van der Waals surface area (Å²) in [5.74, 6) is -1.19. The van der Waals surface area contributed by atoms with Crippen LogP contribution in [0.4, 0.5) is 4.39 Å². The Morgan fingerprint density at radius 1 is 1.42 bits per heavy atom. The van der Waals surface area contributed by atoms with E-state index in [1.165, 1.54) is 6.07 Å². The zero-order valence-corrected chi connectivity index (χ0v) is 12.3. The van der Waals surface area contributed by atoms with Gasteiger partial charge in [-0.3, -0.25) is 4.79 Å². The molecule has 0 saturated carbocycles. The topological polar surface area (TPSA) is 49.3 Å². The average Bonchev–Trinajstić information content (AvgIpc) is 2.33. The van der Waals surface area contributed by atoms with Crippen molar-refractivity contribution in [1.82, 2.24) is 5.32 Å². The predicted octanol–water partition coefficient (Wildman–Crippen LogP) is 3.41. The van der Waals surface area contributed by atoms with E-state index in [0.29, 0.717) is 12.8 Å². The van der Waals surface area contributed by atoms with Gasteiger partial charge in [0.15, 0.2) is 0 Å². The van der Waals surface area contributed by atoms with Crippen LogP contribution >= 0.6 is 23.2 Å². The van der Waals surface area contributed by atoms with Gasteiger partial charge in [-0.1, -0.05) is 30.1 Å². The molecule has 19 heavy (non-hydrogen) atoms. The van der Waals surface area contributed by atoms with Crippen LogP contribution in [-0.2, 0) is 0 Å². The Balaban J connectivity index is 2.98. The largest absolute Gasteiger partial charge is 0.396 e. The molecule has 0 fully saturated rings. The number of halogens is 3. The molecule has 0 saturated heterocycles. The van der Waals surface area contributed by atoms with Crippen LogP contribution in [0.2, 0.25) is 10.0 Å². The molecule has 0 aliphatic rings. The van der Waals surface area contributed by atoms with Crippen LogP contribution in [0.25, 0.3) is 0 Å².